The van der Waals surface area contributed by atoms with E-state index in [-0.39, 0.29) is 0 Å². The number of nitrogens with zero attached hydrogens (tertiary/aromatic N) is 2. The highest BCUT2D eigenvalue weighted by Gasteiger charge is 2.30. The Bertz CT molecular complexity index is 643. The van der Waals surface area contributed by atoms with Gasteiger partial charge >= 0.3 is 0 Å². The van der Waals surface area contributed by atoms with Gasteiger partial charge in [-0.15, -0.1) is 0 Å². The maximum absolute atomic E-state index is 11.3. The Morgan fingerprint density at radius 1 is 0.917 bits per heavy atom. The van der Waals surface area contributed by atoms with E-state index in [0.717, 1.165) is 30.8 Å². The van der Waals surface area contributed by atoms with Crippen molar-refractivity contribution in [3.8, 4) is 11.8 Å². The molecule has 1 aromatic heterocycles. The van der Waals surface area contributed by atoms with Gasteiger partial charge in [0.05, 0.1) is 6.54 Å². The molecule has 1 aliphatic rings. The fraction of sp³-hybridized carbons (Fsp3) is 0.381. The highest BCUT2D eigenvalue weighted by atomic mass is 16.3. The van der Waals surface area contributed by atoms with E-state index in [1.165, 1.54) is 19.3 Å². The Hall–Kier alpha value is -2.15. The van der Waals surface area contributed by atoms with E-state index in [4.69, 9.17) is 0 Å². The standard InChI is InChI=1S/C21H24N2O/c24-21(19-9-3-1-4-10-19,20-11-14-22-15-12-20)13-5-8-18-23-16-6-2-7-17-23/h1,3-4,9-12,14-15,24H,2,6-7,13,16-18H2. The summed E-state index contributed by atoms with van der Waals surface area (Å²) >= 11 is 0. The highest BCUT2D eigenvalue weighted by molar-refractivity contribution is 5.36. The third kappa shape index (κ3) is 4.03. The molecule has 1 aliphatic heterocycles. The lowest BCUT2D eigenvalue weighted by atomic mass is 9.84. The topological polar surface area (TPSA) is 36.4 Å². The van der Waals surface area contributed by atoms with Crippen molar-refractivity contribution in [2.45, 2.75) is 31.3 Å². The van der Waals surface area contributed by atoms with Crippen LogP contribution in [0.3, 0.4) is 0 Å². The summed E-state index contributed by atoms with van der Waals surface area (Å²) in [5.74, 6) is 6.46. The molecule has 0 saturated carbocycles. The maximum Gasteiger partial charge on any atom is 0.126 e. The van der Waals surface area contributed by atoms with Gasteiger partial charge in [-0.25, -0.2) is 0 Å². The minimum absolute atomic E-state index is 0.384. The lowest BCUT2D eigenvalue weighted by Crippen LogP contribution is -2.30. The first kappa shape index (κ1) is 16.7. The van der Waals surface area contributed by atoms with E-state index in [9.17, 15) is 5.11 Å². The molecule has 0 bridgehead atoms. The first-order valence-corrected chi connectivity index (χ1v) is 8.65. The number of hydrogen-bond acceptors (Lipinski definition) is 3. The summed E-state index contributed by atoms with van der Waals surface area (Å²) in [6, 6.07) is 13.5. The third-order valence-corrected chi connectivity index (χ3v) is 4.63. The zero-order chi connectivity index (χ0) is 16.7. The Labute approximate surface area is 144 Å². The van der Waals surface area contributed by atoms with Gasteiger partial charge in [0.2, 0.25) is 0 Å². The predicted octanol–water partition coefficient (Wildman–Crippen LogP) is 3.20. The fourth-order valence-electron chi connectivity index (χ4n) is 3.19. The van der Waals surface area contributed by atoms with Gasteiger partial charge in [-0.2, -0.15) is 0 Å². The van der Waals surface area contributed by atoms with Crippen LogP contribution in [0.15, 0.2) is 54.9 Å². The van der Waals surface area contributed by atoms with Crippen molar-refractivity contribution in [1.82, 2.24) is 9.88 Å². The van der Waals surface area contributed by atoms with Crippen molar-refractivity contribution < 1.29 is 5.11 Å². The normalized spacial score (nSPS) is 17.5. The van der Waals surface area contributed by atoms with Crippen molar-refractivity contribution >= 4 is 0 Å². The molecule has 0 aliphatic carbocycles. The Kier molecular flexibility index (Phi) is 5.63. The van der Waals surface area contributed by atoms with Gasteiger partial charge in [0.15, 0.2) is 0 Å². The van der Waals surface area contributed by atoms with Gasteiger partial charge in [-0.1, -0.05) is 48.6 Å². The Balaban J connectivity index is 1.76. The molecule has 1 atom stereocenters. The molecule has 3 heteroatoms. The summed E-state index contributed by atoms with van der Waals surface area (Å²) < 4.78 is 0. The summed E-state index contributed by atoms with van der Waals surface area (Å²) in [6.45, 7) is 3.07. The average molecular weight is 320 g/mol. The SMILES string of the molecule is OC(CC#CCN1CCCCC1)(c1ccccc1)c1ccncc1. The maximum atomic E-state index is 11.3. The summed E-state index contributed by atoms with van der Waals surface area (Å²) in [5.41, 5.74) is 0.596. The second-order valence-corrected chi connectivity index (χ2v) is 6.33. The number of benzene rings is 1. The third-order valence-electron chi connectivity index (χ3n) is 4.63. The number of rotatable bonds is 4. The first-order chi connectivity index (χ1) is 11.8. The lowest BCUT2D eigenvalue weighted by Gasteiger charge is -2.27. The molecule has 3 rings (SSSR count). The number of piperidine rings is 1. The molecule has 1 N–H and O–H groups in total. The zero-order valence-corrected chi connectivity index (χ0v) is 14.0. The van der Waals surface area contributed by atoms with Crippen molar-refractivity contribution in [2.24, 2.45) is 0 Å². The smallest absolute Gasteiger partial charge is 0.126 e. The first-order valence-electron chi connectivity index (χ1n) is 8.65. The van der Waals surface area contributed by atoms with Crippen molar-refractivity contribution in [3.63, 3.8) is 0 Å². The van der Waals surface area contributed by atoms with Crippen LogP contribution in [-0.2, 0) is 5.60 Å². The molecule has 124 valence electrons. The van der Waals surface area contributed by atoms with Gasteiger partial charge in [0, 0.05) is 18.8 Å². The molecule has 1 saturated heterocycles. The van der Waals surface area contributed by atoms with Gasteiger partial charge in [-0.3, -0.25) is 9.88 Å². The molecule has 1 fully saturated rings. The van der Waals surface area contributed by atoms with E-state index in [0.29, 0.717) is 6.42 Å². The number of pyridine rings is 1. The molecule has 0 spiro atoms. The van der Waals surface area contributed by atoms with E-state index in [2.05, 4.69) is 21.7 Å². The average Bonchev–Trinajstić information content (AvgIpc) is 2.67. The van der Waals surface area contributed by atoms with Crippen LogP contribution in [0.4, 0.5) is 0 Å². The molecule has 2 aromatic rings. The van der Waals surface area contributed by atoms with Crippen molar-refractivity contribution in [1.29, 1.82) is 0 Å². The van der Waals surface area contributed by atoms with Gasteiger partial charge in [0.1, 0.15) is 5.60 Å². The summed E-state index contributed by atoms with van der Waals surface area (Å²) in [5, 5.41) is 11.3. The van der Waals surface area contributed by atoms with Gasteiger partial charge in [0.25, 0.3) is 0 Å². The molecular weight excluding hydrogens is 296 g/mol. The summed E-state index contributed by atoms with van der Waals surface area (Å²) in [4.78, 5) is 6.45. The van der Waals surface area contributed by atoms with Crippen LogP contribution >= 0.6 is 0 Å². The zero-order valence-electron chi connectivity index (χ0n) is 14.0. The summed E-state index contributed by atoms with van der Waals surface area (Å²) in [6.07, 6.45) is 7.68. The molecule has 1 aromatic carbocycles. The largest absolute Gasteiger partial charge is 0.379 e. The van der Waals surface area contributed by atoms with Crippen LogP contribution in [0.2, 0.25) is 0 Å². The minimum atomic E-state index is -1.10. The number of aliphatic hydroxyl groups is 1. The monoisotopic (exact) mass is 320 g/mol. The second kappa shape index (κ2) is 8.10. The van der Waals surface area contributed by atoms with Crippen LogP contribution < -0.4 is 0 Å². The lowest BCUT2D eigenvalue weighted by molar-refractivity contribution is 0.0863. The van der Waals surface area contributed by atoms with Crippen molar-refractivity contribution in [2.75, 3.05) is 19.6 Å². The fourth-order valence-corrected chi connectivity index (χ4v) is 3.19. The van der Waals surface area contributed by atoms with Crippen LogP contribution in [0, 0.1) is 11.8 Å². The van der Waals surface area contributed by atoms with Crippen LogP contribution in [0.1, 0.15) is 36.8 Å². The van der Waals surface area contributed by atoms with E-state index in [1.54, 1.807) is 12.4 Å². The van der Waals surface area contributed by atoms with Gasteiger partial charge < -0.3 is 5.11 Å². The minimum Gasteiger partial charge on any atom is -0.379 e. The molecule has 1 unspecified atom stereocenters. The molecular formula is C21H24N2O. The van der Waals surface area contributed by atoms with Crippen LogP contribution in [0.5, 0.6) is 0 Å². The van der Waals surface area contributed by atoms with Crippen molar-refractivity contribution in [3.05, 3.63) is 66.0 Å². The van der Waals surface area contributed by atoms with Gasteiger partial charge in [-0.05, 0) is 49.2 Å². The molecule has 24 heavy (non-hydrogen) atoms. The number of aromatic nitrogens is 1. The Morgan fingerprint density at radius 2 is 1.58 bits per heavy atom. The number of likely N-dealkylation sites (tertiary alicyclic amines) is 1. The molecule has 3 nitrogen and oxygen atoms in total. The highest BCUT2D eigenvalue weighted by Crippen LogP contribution is 2.32. The summed E-state index contributed by atoms with van der Waals surface area (Å²) in [7, 11) is 0. The predicted molar refractivity (Wildman–Crippen MR) is 96.4 cm³/mol. The second-order valence-electron chi connectivity index (χ2n) is 6.33. The Morgan fingerprint density at radius 3 is 2.29 bits per heavy atom. The van der Waals surface area contributed by atoms with Crippen LogP contribution in [-0.4, -0.2) is 34.6 Å². The van der Waals surface area contributed by atoms with Crippen LogP contribution in [0.25, 0.3) is 0 Å². The molecule has 2 heterocycles. The quantitative estimate of drug-likeness (QED) is 0.879. The molecule has 0 amide bonds. The van der Waals surface area contributed by atoms with E-state index in [1.807, 2.05) is 42.5 Å². The molecule has 0 radical (unpaired) electrons. The number of hydrogen-bond donors (Lipinski definition) is 1. The van der Waals surface area contributed by atoms with E-state index >= 15 is 0 Å². The van der Waals surface area contributed by atoms with E-state index < -0.39 is 5.60 Å².